The summed E-state index contributed by atoms with van der Waals surface area (Å²) in [5.41, 5.74) is 0.627. The lowest BCUT2D eigenvalue weighted by Gasteiger charge is -2.43. The Morgan fingerprint density at radius 3 is 1.97 bits per heavy atom. The highest BCUT2D eigenvalue weighted by Gasteiger charge is 2.52. The first kappa shape index (κ1) is 81.9. The van der Waals surface area contributed by atoms with Crippen LogP contribution in [0.2, 0.25) is 10.1 Å². The van der Waals surface area contributed by atoms with Gasteiger partial charge in [-0.2, -0.15) is 0 Å². The molecule has 6 amide bonds. The molecule has 101 heavy (non-hydrogen) atoms. The Kier molecular flexibility index (Phi) is 30.6. The number of esters is 2. The molecule has 0 saturated carbocycles. The van der Waals surface area contributed by atoms with Gasteiger partial charge in [0.2, 0.25) is 35.4 Å². The van der Waals surface area contributed by atoms with Crippen LogP contribution in [0.25, 0.3) is 0 Å². The highest BCUT2D eigenvalue weighted by Crippen LogP contribution is 2.45. The molecule has 25 nitrogen and oxygen atoms in total. The highest BCUT2D eigenvalue weighted by molar-refractivity contribution is 6.99. The third kappa shape index (κ3) is 23.7. The van der Waals surface area contributed by atoms with E-state index in [0.717, 1.165) is 15.9 Å². The zero-order valence-corrected chi connectivity index (χ0v) is 61.1. The first-order valence-corrected chi connectivity index (χ1v) is 36.5. The SMILES string of the molecule is COc1ccc(C[C@H]2NC(=O)/C=C/C[C@@H]([C@H](C)[C@H]3O[C@@H]3c3ccc(CNC(=O)[C@H](CCC(=O)NC[C@H](O)[C@@H](O)[C@H](O)[C@H](O)CO[Si](c4ccccc4)(c4ccccc4)C(C)(C)C)NC(=O)[C@@H](NC(=O)CCCC(=O)O)C(C)C)cc3)OC(=O)[C@H](CC(C)C)OC(=O)C(C)(C)CNC2=O)cc1Cl. The Morgan fingerprint density at radius 1 is 0.762 bits per heavy atom. The van der Waals surface area contributed by atoms with Crippen LogP contribution in [0.3, 0.4) is 0 Å². The van der Waals surface area contributed by atoms with Crippen LogP contribution in [-0.2, 0) is 74.8 Å². The molecular weight excluding hydrogens is 1340 g/mol. The van der Waals surface area contributed by atoms with Gasteiger partial charge < -0.3 is 80.8 Å². The van der Waals surface area contributed by atoms with Crippen LogP contribution in [0.15, 0.2) is 115 Å². The zero-order chi connectivity index (χ0) is 74.5. The van der Waals surface area contributed by atoms with Crippen LogP contribution in [0.4, 0.5) is 0 Å². The summed E-state index contributed by atoms with van der Waals surface area (Å²) < 4.78 is 30.3. The van der Waals surface area contributed by atoms with E-state index in [1.54, 1.807) is 70.2 Å². The fourth-order valence-corrected chi connectivity index (χ4v) is 16.8. The number of amides is 6. The lowest BCUT2D eigenvalue weighted by atomic mass is 9.92. The summed E-state index contributed by atoms with van der Waals surface area (Å²) in [6, 6.07) is 27.5. The van der Waals surface area contributed by atoms with Gasteiger partial charge in [-0.15, -0.1) is 0 Å². The molecule has 27 heteroatoms. The number of nitrogens with one attached hydrogen (secondary N) is 6. The molecule has 6 rings (SSSR count). The van der Waals surface area contributed by atoms with Crippen molar-refractivity contribution in [1.82, 2.24) is 31.9 Å². The van der Waals surface area contributed by atoms with Crippen LogP contribution in [0, 0.1) is 23.2 Å². The summed E-state index contributed by atoms with van der Waals surface area (Å²) in [6.07, 6.45) is -8.80. The average Bonchev–Trinajstić information content (AvgIpc) is 1.39. The van der Waals surface area contributed by atoms with Gasteiger partial charge in [-0.05, 0) is 95.3 Å². The van der Waals surface area contributed by atoms with Crippen LogP contribution in [0.1, 0.15) is 137 Å². The first-order chi connectivity index (χ1) is 47.6. The number of carboxylic acid groups (broad SMARTS) is 1. The minimum Gasteiger partial charge on any atom is -0.495 e. The molecule has 1 saturated heterocycles. The second kappa shape index (κ2) is 37.7. The highest BCUT2D eigenvalue weighted by atomic mass is 35.5. The molecule has 0 aromatic heterocycles. The van der Waals surface area contributed by atoms with Crippen molar-refractivity contribution in [3.63, 3.8) is 0 Å². The van der Waals surface area contributed by atoms with Crippen molar-refractivity contribution in [3.8, 4) is 5.75 Å². The molecule has 2 aliphatic rings. The number of ether oxygens (including phenoxy) is 4. The first-order valence-electron chi connectivity index (χ1n) is 34.2. The predicted molar refractivity (Wildman–Crippen MR) is 378 cm³/mol. The fraction of sp³-hybridized carbons (Fsp3) is 0.527. The van der Waals surface area contributed by atoms with Gasteiger partial charge in [-0.25, -0.2) is 4.79 Å². The standard InChI is InChI=1S/C74H101ClN6O19Si/c1-43(2)36-58-71(94)98-56(24-18-25-60(85)79-53(38-47-30-34-57(96-11)51(75)37-47)69(92)78-42-74(9,10)72(95)99-58)45(5)66-67(100-66)48-31-28-46(29-32-48)39-77-68(91)52(80-70(93)63(44(3)4)81-61(86)26-19-27-62(87)88)33-35-59(84)76-40-54(82)64(89)65(90)55(83)41-97-101(73(6,7)8,49-20-14-12-15-21-49)50-22-16-13-17-23-50/h12-18,20-23,25,28-32,34,37,43-45,52-56,58,63-67,82-83,89-90H,19,24,26-27,33,35-36,38-42H2,1-11H3,(H,76,84)(H,77,91)(H,78,92)(H,79,85)(H,80,93)(H,81,86)(H,87,88)/b25-18+/t45-,52-,53+,54-,55+,56-,58-,63-,64+,65+,66+,67+/m0/s1. The normalized spacial score (nSPS) is 20.8. The number of carboxylic acids is 1. The van der Waals surface area contributed by atoms with Gasteiger partial charge in [0.1, 0.15) is 54.4 Å². The molecule has 2 aliphatic heterocycles. The summed E-state index contributed by atoms with van der Waals surface area (Å²) in [4.78, 5) is 121. The summed E-state index contributed by atoms with van der Waals surface area (Å²) in [7, 11) is -1.72. The molecule has 0 radical (unpaired) electrons. The molecule has 4 aromatic carbocycles. The maximum atomic E-state index is 14.2. The van der Waals surface area contributed by atoms with Crippen molar-refractivity contribution in [2.45, 2.75) is 199 Å². The number of benzene rings is 4. The Morgan fingerprint density at radius 2 is 1.39 bits per heavy atom. The molecule has 12 atom stereocenters. The van der Waals surface area contributed by atoms with Crippen molar-refractivity contribution in [1.29, 1.82) is 0 Å². The zero-order valence-electron chi connectivity index (χ0n) is 59.4. The lowest BCUT2D eigenvalue weighted by molar-refractivity contribution is -0.179. The number of cyclic esters (lactones) is 2. The third-order valence-electron chi connectivity index (χ3n) is 17.9. The fourth-order valence-electron chi connectivity index (χ4n) is 11.9. The van der Waals surface area contributed by atoms with Crippen molar-refractivity contribution < 1.29 is 92.1 Å². The van der Waals surface area contributed by atoms with Gasteiger partial charge in [-0.1, -0.05) is 164 Å². The topological polar surface area (TPSA) is 376 Å². The summed E-state index contributed by atoms with van der Waals surface area (Å²) in [5, 5.41) is 71.4. The number of hydrogen-bond donors (Lipinski definition) is 11. The van der Waals surface area contributed by atoms with Crippen LogP contribution >= 0.6 is 11.6 Å². The number of carbonyl (C=O) groups is 9. The van der Waals surface area contributed by atoms with E-state index in [-0.39, 0.29) is 64.0 Å². The second-order valence-corrected chi connectivity index (χ2v) is 33.1. The Balaban J connectivity index is 1.12. The minimum absolute atomic E-state index is 0.0124. The quantitative estimate of drug-likeness (QED) is 0.0182. The van der Waals surface area contributed by atoms with Crippen molar-refractivity contribution >= 4 is 83.6 Å². The second-order valence-electron chi connectivity index (χ2n) is 28.3. The predicted octanol–water partition coefficient (Wildman–Crippen LogP) is 4.54. The molecule has 11 N–H and O–H groups in total. The monoisotopic (exact) mass is 1440 g/mol. The lowest BCUT2D eigenvalue weighted by Crippen LogP contribution is -2.67. The molecule has 4 aromatic rings. The van der Waals surface area contributed by atoms with E-state index < -0.39 is 170 Å². The van der Waals surface area contributed by atoms with E-state index in [0.29, 0.717) is 21.9 Å². The molecule has 2 heterocycles. The number of methoxy groups -OCH3 is 1. The van der Waals surface area contributed by atoms with Crippen molar-refractivity contribution in [2.75, 3.05) is 26.8 Å². The van der Waals surface area contributed by atoms with E-state index >= 15 is 0 Å². The van der Waals surface area contributed by atoms with Crippen LogP contribution < -0.4 is 47.0 Å². The summed E-state index contributed by atoms with van der Waals surface area (Å²) in [6.45, 7) is 16.8. The number of aliphatic carboxylic acids is 1. The number of aliphatic hydroxyl groups is 4. The number of halogens is 1. The molecule has 0 bridgehead atoms. The average molecular weight is 1440 g/mol. The van der Waals surface area contributed by atoms with Crippen LogP contribution in [0.5, 0.6) is 5.75 Å². The van der Waals surface area contributed by atoms with Gasteiger partial charge in [0, 0.05) is 57.7 Å². The summed E-state index contributed by atoms with van der Waals surface area (Å²) >= 11 is 6.41. The molecular formula is C74H101ClN6O19Si. The minimum atomic E-state index is -3.19. The molecule has 0 unspecified atom stereocenters. The Bertz CT molecular complexity index is 3440. The van der Waals surface area contributed by atoms with Crippen molar-refractivity contribution in [2.24, 2.45) is 23.2 Å². The van der Waals surface area contributed by atoms with Gasteiger partial charge in [0.15, 0.2) is 6.10 Å². The van der Waals surface area contributed by atoms with Gasteiger partial charge in [0.05, 0.1) is 36.4 Å². The van der Waals surface area contributed by atoms with Gasteiger partial charge >= 0.3 is 17.9 Å². The Labute approximate surface area is 596 Å². The maximum absolute atomic E-state index is 14.2. The van der Waals surface area contributed by atoms with E-state index in [1.807, 2.05) is 102 Å². The van der Waals surface area contributed by atoms with Gasteiger partial charge in [0.25, 0.3) is 8.32 Å². The number of epoxide rings is 1. The largest absolute Gasteiger partial charge is 0.495 e. The summed E-state index contributed by atoms with van der Waals surface area (Å²) in [5.74, 6) is -7.35. The van der Waals surface area contributed by atoms with Gasteiger partial charge in [-0.3, -0.25) is 38.4 Å². The van der Waals surface area contributed by atoms with E-state index in [2.05, 4.69) is 31.9 Å². The molecule has 0 spiro atoms. The Hall–Kier alpha value is -8.08. The number of hydrogen-bond acceptors (Lipinski definition) is 18. The smallest absolute Gasteiger partial charge is 0.347 e. The molecule has 552 valence electrons. The van der Waals surface area contributed by atoms with Crippen LogP contribution in [-0.4, -0.2) is 175 Å². The van der Waals surface area contributed by atoms with Crippen molar-refractivity contribution in [3.05, 3.63) is 137 Å². The van der Waals surface area contributed by atoms with E-state index in [9.17, 15) is 63.6 Å². The van der Waals surface area contributed by atoms with E-state index in [4.69, 9.17) is 40.1 Å². The number of carbonyl (C=O) groups excluding carboxylic acids is 8. The molecule has 1 fully saturated rings. The third-order valence-corrected chi connectivity index (χ3v) is 23.2. The number of rotatable bonds is 32. The molecule has 0 aliphatic carbocycles. The maximum Gasteiger partial charge on any atom is 0.347 e. The number of aliphatic hydroxyl groups excluding tert-OH is 4. The van der Waals surface area contributed by atoms with E-state index in [1.165, 1.54) is 19.3 Å².